The predicted molar refractivity (Wildman–Crippen MR) is 43.4 cm³/mol. The van der Waals surface area contributed by atoms with Crippen LogP contribution in [0.5, 0.6) is 0 Å². The van der Waals surface area contributed by atoms with Crippen LogP contribution in [-0.4, -0.2) is 35.8 Å². The molecule has 0 fully saturated rings. The Hall–Kier alpha value is -1.07. The van der Waals surface area contributed by atoms with Gasteiger partial charge in [0.15, 0.2) is 6.04 Å². The molecule has 0 saturated heterocycles. The number of hydrazine groups is 2. The monoisotopic (exact) mass is 171 g/mol. The molecule has 0 saturated carbocycles. The molecule has 1 rings (SSSR count). The van der Waals surface area contributed by atoms with Gasteiger partial charge in [-0.05, 0) is 13.0 Å². The lowest BCUT2D eigenvalue weighted by Crippen LogP contribution is -2.48. The van der Waals surface area contributed by atoms with Crippen molar-refractivity contribution in [2.75, 3.05) is 13.7 Å². The standard InChI is InChI=1S/C7H13N3O2/c1-3-12-7(11)6-4-5-9(2)10(6)8/h4-6H,3,8H2,1-2H3. The highest BCUT2D eigenvalue weighted by Crippen LogP contribution is 2.09. The molecule has 0 aliphatic carbocycles. The molecule has 1 aliphatic heterocycles. The zero-order valence-electron chi connectivity index (χ0n) is 7.23. The van der Waals surface area contributed by atoms with Gasteiger partial charge in [0.2, 0.25) is 0 Å². The molecule has 68 valence electrons. The second kappa shape index (κ2) is 3.55. The van der Waals surface area contributed by atoms with Crippen molar-refractivity contribution in [2.45, 2.75) is 13.0 Å². The van der Waals surface area contributed by atoms with E-state index in [-0.39, 0.29) is 5.97 Å². The SMILES string of the molecule is CCOC(=O)C1C=CN(C)N1N. The largest absolute Gasteiger partial charge is 0.464 e. The lowest BCUT2D eigenvalue weighted by molar-refractivity contribution is -0.151. The summed E-state index contributed by atoms with van der Waals surface area (Å²) in [5.74, 6) is 5.23. The Morgan fingerprint density at radius 2 is 2.42 bits per heavy atom. The zero-order chi connectivity index (χ0) is 9.14. The van der Waals surface area contributed by atoms with Crippen LogP contribution in [0.4, 0.5) is 0 Å². The maximum atomic E-state index is 11.2. The van der Waals surface area contributed by atoms with Crippen molar-refractivity contribution >= 4 is 5.97 Å². The maximum absolute atomic E-state index is 11.2. The number of nitrogens with zero attached hydrogens (tertiary/aromatic N) is 2. The lowest BCUT2D eigenvalue weighted by atomic mass is 10.3. The average molecular weight is 171 g/mol. The third-order valence-electron chi connectivity index (χ3n) is 1.66. The molecule has 2 N–H and O–H groups in total. The maximum Gasteiger partial charge on any atom is 0.330 e. The third kappa shape index (κ3) is 1.57. The Kier molecular flexibility index (Phi) is 2.67. The normalized spacial score (nSPS) is 23.2. The lowest BCUT2D eigenvalue weighted by Gasteiger charge is -2.23. The summed E-state index contributed by atoms with van der Waals surface area (Å²) in [6, 6.07) is -0.477. The molecule has 0 spiro atoms. The average Bonchev–Trinajstić information content (AvgIpc) is 2.34. The summed E-state index contributed by atoms with van der Waals surface area (Å²) < 4.78 is 4.81. The molecule has 1 atom stereocenters. The number of ether oxygens (including phenoxy) is 1. The fourth-order valence-corrected chi connectivity index (χ4v) is 0.982. The fraction of sp³-hybridized carbons (Fsp3) is 0.571. The van der Waals surface area contributed by atoms with E-state index in [0.29, 0.717) is 6.61 Å². The van der Waals surface area contributed by atoms with E-state index in [2.05, 4.69) is 0 Å². The van der Waals surface area contributed by atoms with Gasteiger partial charge in [0.1, 0.15) is 0 Å². The van der Waals surface area contributed by atoms with E-state index in [1.54, 1.807) is 31.3 Å². The predicted octanol–water partition coefficient (Wildman–Crippen LogP) is -0.532. The minimum absolute atomic E-state index is 0.319. The van der Waals surface area contributed by atoms with Crippen LogP contribution in [0.1, 0.15) is 6.92 Å². The van der Waals surface area contributed by atoms with Crippen LogP contribution in [0.3, 0.4) is 0 Å². The molecule has 0 aromatic heterocycles. The minimum atomic E-state index is -0.477. The van der Waals surface area contributed by atoms with Gasteiger partial charge in [-0.15, -0.1) is 5.12 Å². The zero-order valence-corrected chi connectivity index (χ0v) is 7.23. The summed E-state index contributed by atoms with van der Waals surface area (Å²) in [6.07, 6.45) is 3.42. The Morgan fingerprint density at radius 3 is 2.83 bits per heavy atom. The quantitative estimate of drug-likeness (QED) is 0.447. The van der Waals surface area contributed by atoms with E-state index in [1.807, 2.05) is 0 Å². The Morgan fingerprint density at radius 1 is 1.75 bits per heavy atom. The smallest absolute Gasteiger partial charge is 0.330 e. The van der Waals surface area contributed by atoms with Gasteiger partial charge < -0.3 is 9.75 Å². The Balaban J connectivity index is 2.54. The van der Waals surface area contributed by atoms with Crippen molar-refractivity contribution in [1.29, 1.82) is 0 Å². The van der Waals surface area contributed by atoms with Gasteiger partial charge in [-0.25, -0.2) is 10.6 Å². The highest BCUT2D eigenvalue weighted by Gasteiger charge is 2.28. The highest BCUT2D eigenvalue weighted by molar-refractivity contribution is 5.78. The van der Waals surface area contributed by atoms with Crippen LogP contribution in [0.15, 0.2) is 12.3 Å². The summed E-state index contributed by atoms with van der Waals surface area (Å²) in [6.45, 7) is 2.14. The molecule has 1 unspecified atom stereocenters. The molecule has 0 radical (unpaired) electrons. The first-order valence-corrected chi connectivity index (χ1v) is 3.78. The topological polar surface area (TPSA) is 58.8 Å². The van der Waals surface area contributed by atoms with E-state index in [9.17, 15) is 4.79 Å². The summed E-state index contributed by atoms with van der Waals surface area (Å²) in [7, 11) is 1.76. The van der Waals surface area contributed by atoms with Crippen molar-refractivity contribution < 1.29 is 9.53 Å². The number of carbonyl (C=O) groups excluding carboxylic acids is 1. The molecule has 0 aromatic carbocycles. The van der Waals surface area contributed by atoms with Crippen molar-refractivity contribution in [3.8, 4) is 0 Å². The van der Waals surface area contributed by atoms with Crippen LogP contribution in [0, 0.1) is 0 Å². The van der Waals surface area contributed by atoms with E-state index < -0.39 is 6.04 Å². The van der Waals surface area contributed by atoms with Gasteiger partial charge in [-0.3, -0.25) is 0 Å². The van der Waals surface area contributed by atoms with Crippen LogP contribution in [0.2, 0.25) is 0 Å². The number of hydrogen-bond donors (Lipinski definition) is 1. The molecule has 5 nitrogen and oxygen atoms in total. The number of carbonyl (C=O) groups is 1. The van der Waals surface area contributed by atoms with E-state index in [4.69, 9.17) is 10.6 Å². The molecule has 1 aliphatic rings. The molecular weight excluding hydrogens is 158 g/mol. The summed E-state index contributed by atoms with van der Waals surface area (Å²) >= 11 is 0. The molecule has 0 aromatic rings. The summed E-state index contributed by atoms with van der Waals surface area (Å²) in [5, 5.41) is 2.94. The van der Waals surface area contributed by atoms with Gasteiger partial charge in [0, 0.05) is 13.2 Å². The summed E-state index contributed by atoms with van der Waals surface area (Å²) in [5.41, 5.74) is 0. The third-order valence-corrected chi connectivity index (χ3v) is 1.66. The van der Waals surface area contributed by atoms with Crippen LogP contribution < -0.4 is 5.84 Å². The van der Waals surface area contributed by atoms with E-state index in [1.165, 1.54) is 5.12 Å². The van der Waals surface area contributed by atoms with Crippen LogP contribution in [-0.2, 0) is 9.53 Å². The second-order valence-electron chi connectivity index (χ2n) is 2.49. The Labute approximate surface area is 71.3 Å². The molecule has 0 bridgehead atoms. The second-order valence-corrected chi connectivity index (χ2v) is 2.49. The van der Waals surface area contributed by atoms with Crippen molar-refractivity contribution in [2.24, 2.45) is 5.84 Å². The number of rotatable bonds is 2. The molecule has 0 amide bonds. The van der Waals surface area contributed by atoms with E-state index >= 15 is 0 Å². The van der Waals surface area contributed by atoms with Gasteiger partial charge in [0.25, 0.3) is 0 Å². The van der Waals surface area contributed by atoms with Crippen molar-refractivity contribution in [3.63, 3.8) is 0 Å². The van der Waals surface area contributed by atoms with Crippen LogP contribution >= 0.6 is 0 Å². The number of esters is 1. The van der Waals surface area contributed by atoms with Crippen LogP contribution in [0.25, 0.3) is 0 Å². The Bertz CT molecular complexity index is 205. The van der Waals surface area contributed by atoms with Gasteiger partial charge in [-0.2, -0.15) is 0 Å². The number of nitrogens with two attached hydrogens (primary N) is 1. The first-order chi connectivity index (χ1) is 5.66. The van der Waals surface area contributed by atoms with Gasteiger partial charge in [0.05, 0.1) is 6.61 Å². The van der Waals surface area contributed by atoms with Crippen molar-refractivity contribution in [3.05, 3.63) is 12.3 Å². The van der Waals surface area contributed by atoms with E-state index in [0.717, 1.165) is 0 Å². The van der Waals surface area contributed by atoms with Crippen molar-refractivity contribution in [1.82, 2.24) is 10.1 Å². The molecule has 12 heavy (non-hydrogen) atoms. The molecule has 5 heteroatoms. The van der Waals surface area contributed by atoms with Gasteiger partial charge >= 0.3 is 5.97 Å². The first kappa shape index (κ1) is 9.02. The fourth-order valence-electron chi connectivity index (χ4n) is 0.982. The highest BCUT2D eigenvalue weighted by atomic mass is 16.5. The summed E-state index contributed by atoms with van der Waals surface area (Å²) in [4.78, 5) is 11.2. The first-order valence-electron chi connectivity index (χ1n) is 3.78. The minimum Gasteiger partial charge on any atom is -0.464 e. The number of hydrogen-bond acceptors (Lipinski definition) is 5. The molecular formula is C7H13N3O2. The molecule has 1 heterocycles. The van der Waals surface area contributed by atoms with Gasteiger partial charge in [-0.1, -0.05) is 0 Å².